The van der Waals surface area contributed by atoms with Gasteiger partial charge >= 0.3 is 0 Å². The van der Waals surface area contributed by atoms with Gasteiger partial charge in [0.2, 0.25) is 5.91 Å². The standard InChI is InChI=1S/C17H23N5O.ClH/c1-12-9-15(7-8-19-12)17(23)21-13(2)14-3-5-16(6-4-14)22-11-18-10-20-22;/h3-6,10-13,15,19H,7-9H2,1-2H3,(H,21,23);1H/t12-,13?,15-;/m0./s1. The smallest absolute Gasteiger partial charge is 0.223 e. The summed E-state index contributed by atoms with van der Waals surface area (Å²) in [6.07, 6.45) is 4.99. The Hall–Kier alpha value is -1.92. The number of carbonyl (C=O) groups excluding carboxylic acids is 1. The van der Waals surface area contributed by atoms with Crippen LogP contribution in [0.15, 0.2) is 36.9 Å². The van der Waals surface area contributed by atoms with Crippen molar-refractivity contribution in [3.05, 3.63) is 42.5 Å². The number of hydrogen-bond acceptors (Lipinski definition) is 4. The Kier molecular flexibility index (Phi) is 6.34. The molecule has 24 heavy (non-hydrogen) atoms. The van der Waals surface area contributed by atoms with Crippen molar-refractivity contribution < 1.29 is 4.79 Å². The molecule has 1 aromatic heterocycles. The van der Waals surface area contributed by atoms with Crippen LogP contribution < -0.4 is 10.6 Å². The largest absolute Gasteiger partial charge is 0.349 e. The third-order valence-electron chi connectivity index (χ3n) is 4.43. The lowest BCUT2D eigenvalue weighted by Crippen LogP contribution is -2.42. The highest BCUT2D eigenvalue weighted by molar-refractivity contribution is 5.85. The van der Waals surface area contributed by atoms with Crippen molar-refractivity contribution >= 4 is 18.3 Å². The molecule has 1 unspecified atom stereocenters. The molecule has 0 saturated carbocycles. The third-order valence-corrected chi connectivity index (χ3v) is 4.43. The molecule has 3 rings (SSSR count). The van der Waals surface area contributed by atoms with Crippen LogP contribution >= 0.6 is 12.4 Å². The summed E-state index contributed by atoms with van der Waals surface area (Å²) in [5, 5.41) is 10.6. The molecule has 7 heteroatoms. The average Bonchev–Trinajstić information content (AvgIpc) is 3.09. The Morgan fingerprint density at radius 3 is 2.75 bits per heavy atom. The Balaban J connectivity index is 0.00000208. The highest BCUT2D eigenvalue weighted by Crippen LogP contribution is 2.19. The molecule has 2 aromatic rings. The van der Waals surface area contributed by atoms with Gasteiger partial charge in [0.1, 0.15) is 12.7 Å². The SMILES string of the molecule is CC(NC(=O)[C@H]1CCN[C@@H](C)C1)c1ccc(-n2cncn2)cc1.Cl. The number of nitrogens with zero attached hydrogens (tertiary/aromatic N) is 3. The van der Waals surface area contributed by atoms with E-state index in [0.717, 1.165) is 30.6 Å². The minimum Gasteiger partial charge on any atom is -0.349 e. The second-order valence-electron chi connectivity index (χ2n) is 6.24. The number of rotatable bonds is 4. The normalized spacial score (nSPS) is 21.6. The first-order valence-electron chi connectivity index (χ1n) is 8.12. The van der Waals surface area contributed by atoms with Gasteiger partial charge in [-0.1, -0.05) is 12.1 Å². The van der Waals surface area contributed by atoms with Gasteiger partial charge in [-0.25, -0.2) is 9.67 Å². The quantitative estimate of drug-likeness (QED) is 0.888. The maximum absolute atomic E-state index is 12.4. The summed E-state index contributed by atoms with van der Waals surface area (Å²) in [7, 11) is 0. The van der Waals surface area contributed by atoms with E-state index in [2.05, 4.69) is 27.6 Å². The van der Waals surface area contributed by atoms with Gasteiger partial charge in [-0.3, -0.25) is 4.79 Å². The number of piperidine rings is 1. The number of aromatic nitrogens is 3. The van der Waals surface area contributed by atoms with Crippen molar-refractivity contribution in [1.82, 2.24) is 25.4 Å². The number of carbonyl (C=O) groups is 1. The molecule has 1 aliphatic rings. The second kappa shape index (κ2) is 8.26. The molecule has 1 saturated heterocycles. The molecule has 0 aliphatic carbocycles. The Bertz CT molecular complexity index is 644. The monoisotopic (exact) mass is 349 g/mol. The first kappa shape index (κ1) is 18.4. The molecule has 0 spiro atoms. The fourth-order valence-electron chi connectivity index (χ4n) is 3.04. The molecule has 1 fully saturated rings. The van der Waals surface area contributed by atoms with Crippen LogP contribution in [0.1, 0.15) is 38.3 Å². The Labute approximate surface area is 148 Å². The van der Waals surface area contributed by atoms with E-state index >= 15 is 0 Å². The van der Waals surface area contributed by atoms with Gasteiger partial charge < -0.3 is 10.6 Å². The van der Waals surface area contributed by atoms with E-state index in [1.807, 2.05) is 31.2 Å². The van der Waals surface area contributed by atoms with Crippen LogP contribution in [0.3, 0.4) is 0 Å². The van der Waals surface area contributed by atoms with Crippen LogP contribution in [0.2, 0.25) is 0 Å². The van der Waals surface area contributed by atoms with Crippen molar-refractivity contribution in [2.24, 2.45) is 5.92 Å². The van der Waals surface area contributed by atoms with E-state index in [1.54, 1.807) is 11.0 Å². The van der Waals surface area contributed by atoms with Crippen LogP contribution in [0.5, 0.6) is 0 Å². The van der Waals surface area contributed by atoms with Crippen molar-refractivity contribution in [1.29, 1.82) is 0 Å². The van der Waals surface area contributed by atoms with Crippen LogP contribution in [-0.4, -0.2) is 33.3 Å². The minimum absolute atomic E-state index is 0. The predicted octanol–water partition coefficient (Wildman–Crippen LogP) is 2.25. The maximum atomic E-state index is 12.4. The summed E-state index contributed by atoms with van der Waals surface area (Å²) < 4.78 is 1.71. The number of halogens is 1. The summed E-state index contributed by atoms with van der Waals surface area (Å²) in [5.41, 5.74) is 2.04. The lowest BCUT2D eigenvalue weighted by atomic mass is 9.92. The van der Waals surface area contributed by atoms with Gasteiger partial charge in [0, 0.05) is 12.0 Å². The molecule has 0 radical (unpaired) electrons. The lowest BCUT2D eigenvalue weighted by molar-refractivity contribution is -0.126. The Morgan fingerprint density at radius 2 is 2.12 bits per heavy atom. The zero-order valence-electron chi connectivity index (χ0n) is 14.0. The molecule has 1 amide bonds. The van der Waals surface area contributed by atoms with E-state index in [4.69, 9.17) is 0 Å². The molecule has 2 heterocycles. The number of amides is 1. The summed E-state index contributed by atoms with van der Waals surface area (Å²) >= 11 is 0. The van der Waals surface area contributed by atoms with E-state index in [0.29, 0.717) is 6.04 Å². The third kappa shape index (κ3) is 4.33. The van der Waals surface area contributed by atoms with Gasteiger partial charge in [0.05, 0.1) is 11.7 Å². The Morgan fingerprint density at radius 1 is 1.38 bits per heavy atom. The molecular weight excluding hydrogens is 326 g/mol. The lowest BCUT2D eigenvalue weighted by Gasteiger charge is -2.28. The average molecular weight is 350 g/mol. The van der Waals surface area contributed by atoms with E-state index in [9.17, 15) is 4.79 Å². The summed E-state index contributed by atoms with van der Waals surface area (Å²) in [6, 6.07) is 8.42. The topological polar surface area (TPSA) is 71.8 Å². The predicted molar refractivity (Wildman–Crippen MR) is 95.4 cm³/mol. The van der Waals surface area contributed by atoms with E-state index < -0.39 is 0 Å². The molecule has 3 atom stereocenters. The van der Waals surface area contributed by atoms with Gasteiger partial charge in [-0.05, 0) is 50.9 Å². The zero-order chi connectivity index (χ0) is 16.2. The molecule has 130 valence electrons. The molecule has 6 nitrogen and oxygen atoms in total. The summed E-state index contributed by atoms with van der Waals surface area (Å²) in [4.78, 5) is 16.4. The highest BCUT2D eigenvalue weighted by Gasteiger charge is 2.25. The van der Waals surface area contributed by atoms with Crippen molar-refractivity contribution in [3.8, 4) is 5.69 Å². The molecule has 0 bridgehead atoms. The first-order chi connectivity index (χ1) is 11.1. The number of hydrogen-bond donors (Lipinski definition) is 2. The fraction of sp³-hybridized carbons (Fsp3) is 0.471. The van der Waals surface area contributed by atoms with Crippen molar-refractivity contribution in [3.63, 3.8) is 0 Å². The van der Waals surface area contributed by atoms with Crippen molar-refractivity contribution in [2.75, 3.05) is 6.54 Å². The van der Waals surface area contributed by atoms with Gasteiger partial charge in [-0.2, -0.15) is 5.10 Å². The van der Waals surface area contributed by atoms with Gasteiger partial charge in [0.15, 0.2) is 0 Å². The zero-order valence-corrected chi connectivity index (χ0v) is 14.8. The number of benzene rings is 1. The van der Waals surface area contributed by atoms with Crippen LogP contribution in [0, 0.1) is 5.92 Å². The van der Waals surface area contributed by atoms with Crippen LogP contribution in [-0.2, 0) is 4.79 Å². The van der Waals surface area contributed by atoms with Crippen LogP contribution in [0.25, 0.3) is 5.69 Å². The fourth-order valence-corrected chi connectivity index (χ4v) is 3.04. The summed E-state index contributed by atoms with van der Waals surface area (Å²) in [6.45, 7) is 5.07. The molecule has 1 aromatic carbocycles. The van der Waals surface area contributed by atoms with Crippen molar-refractivity contribution in [2.45, 2.75) is 38.8 Å². The van der Waals surface area contributed by atoms with Gasteiger partial charge in [-0.15, -0.1) is 12.4 Å². The molecule has 1 aliphatic heterocycles. The summed E-state index contributed by atoms with van der Waals surface area (Å²) in [5.74, 6) is 0.273. The molecule has 2 N–H and O–H groups in total. The highest BCUT2D eigenvalue weighted by atomic mass is 35.5. The number of nitrogens with one attached hydrogen (secondary N) is 2. The van der Waals surface area contributed by atoms with E-state index in [1.165, 1.54) is 6.33 Å². The first-order valence-corrected chi connectivity index (χ1v) is 8.12. The van der Waals surface area contributed by atoms with E-state index in [-0.39, 0.29) is 30.3 Å². The second-order valence-corrected chi connectivity index (χ2v) is 6.24. The van der Waals surface area contributed by atoms with Crippen LogP contribution in [0.4, 0.5) is 0 Å². The minimum atomic E-state index is -0.00233. The van der Waals surface area contributed by atoms with Gasteiger partial charge in [0.25, 0.3) is 0 Å². The molecular formula is C17H24ClN5O. The maximum Gasteiger partial charge on any atom is 0.223 e.